The van der Waals surface area contributed by atoms with Crippen LogP contribution in [0.5, 0.6) is 17.4 Å². The average Bonchev–Trinajstić information content (AvgIpc) is 3.20. The molecular weight excluding hydrogens is 499 g/mol. The van der Waals surface area contributed by atoms with Crippen molar-refractivity contribution in [2.24, 2.45) is 4.99 Å². The number of thioether (sulfide) groups is 1. The Kier molecular flexibility index (Phi) is 9.86. The van der Waals surface area contributed by atoms with E-state index in [4.69, 9.17) is 9.47 Å². The molecule has 0 saturated heterocycles. The van der Waals surface area contributed by atoms with Gasteiger partial charge in [0.1, 0.15) is 11.5 Å². The van der Waals surface area contributed by atoms with Crippen molar-refractivity contribution in [3.8, 4) is 17.4 Å². The SMILES string of the molecule is CN=C(NCc1ccc(Oc2ccc(OC)cc2)nc1)NC1CCC(SC)C1.I. The van der Waals surface area contributed by atoms with Crippen LogP contribution in [0.1, 0.15) is 24.8 Å². The van der Waals surface area contributed by atoms with Crippen LogP contribution >= 0.6 is 35.7 Å². The van der Waals surface area contributed by atoms with Gasteiger partial charge in [0.15, 0.2) is 5.96 Å². The number of methoxy groups -OCH3 is 1. The first-order valence-electron chi connectivity index (χ1n) is 9.47. The van der Waals surface area contributed by atoms with Crippen LogP contribution in [0.25, 0.3) is 0 Å². The van der Waals surface area contributed by atoms with E-state index < -0.39 is 0 Å². The maximum atomic E-state index is 5.76. The van der Waals surface area contributed by atoms with Gasteiger partial charge in [0.2, 0.25) is 5.88 Å². The second-order valence-corrected chi connectivity index (χ2v) is 7.86. The highest BCUT2D eigenvalue weighted by atomic mass is 127. The van der Waals surface area contributed by atoms with Gasteiger partial charge in [-0.2, -0.15) is 11.8 Å². The molecule has 1 aromatic heterocycles. The summed E-state index contributed by atoms with van der Waals surface area (Å²) in [6.45, 7) is 0.661. The van der Waals surface area contributed by atoms with Gasteiger partial charge in [0, 0.05) is 37.1 Å². The predicted molar refractivity (Wildman–Crippen MR) is 131 cm³/mol. The third-order valence-corrected chi connectivity index (χ3v) is 5.92. The lowest BCUT2D eigenvalue weighted by atomic mass is 10.2. The topological polar surface area (TPSA) is 67.8 Å². The molecule has 1 saturated carbocycles. The number of aromatic nitrogens is 1. The number of halogens is 1. The lowest BCUT2D eigenvalue weighted by Gasteiger charge is -2.17. The standard InChI is InChI=1S/C21H28N4O2S.HI/c1-22-21(25-16-5-10-19(12-16)28-3)24-14-15-4-11-20(23-13-15)27-18-8-6-17(26-2)7-9-18;/h4,6-9,11,13,16,19H,5,10,12,14H2,1-3H3,(H2,22,24,25);1H. The van der Waals surface area contributed by atoms with E-state index >= 15 is 0 Å². The number of ether oxygens (including phenoxy) is 2. The molecule has 1 fully saturated rings. The highest BCUT2D eigenvalue weighted by Gasteiger charge is 2.24. The highest BCUT2D eigenvalue weighted by Crippen LogP contribution is 2.28. The molecule has 6 nitrogen and oxygen atoms in total. The number of guanidine groups is 1. The minimum Gasteiger partial charge on any atom is -0.497 e. The number of pyridine rings is 1. The minimum atomic E-state index is 0. The summed E-state index contributed by atoms with van der Waals surface area (Å²) in [4.78, 5) is 8.73. The van der Waals surface area contributed by atoms with Gasteiger partial charge in [-0.15, -0.1) is 24.0 Å². The van der Waals surface area contributed by atoms with E-state index in [9.17, 15) is 0 Å². The van der Waals surface area contributed by atoms with E-state index in [0.717, 1.165) is 28.3 Å². The number of hydrogen-bond donors (Lipinski definition) is 2. The lowest BCUT2D eigenvalue weighted by Crippen LogP contribution is -2.42. The molecule has 2 aromatic rings. The van der Waals surface area contributed by atoms with E-state index in [1.165, 1.54) is 19.3 Å². The second kappa shape index (κ2) is 12.1. The fourth-order valence-electron chi connectivity index (χ4n) is 3.20. The normalized spacial score (nSPS) is 18.7. The molecule has 8 heteroatoms. The van der Waals surface area contributed by atoms with Crippen molar-refractivity contribution in [2.45, 2.75) is 37.1 Å². The van der Waals surface area contributed by atoms with Gasteiger partial charge >= 0.3 is 0 Å². The van der Waals surface area contributed by atoms with Crippen molar-refractivity contribution < 1.29 is 9.47 Å². The van der Waals surface area contributed by atoms with Gasteiger partial charge in [0.05, 0.1) is 7.11 Å². The van der Waals surface area contributed by atoms with Crippen LogP contribution in [0.15, 0.2) is 47.6 Å². The number of hydrogen-bond acceptors (Lipinski definition) is 5. The molecule has 0 bridgehead atoms. The minimum absolute atomic E-state index is 0. The van der Waals surface area contributed by atoms with Crippen molar-refractivity contribution >= 4 is 41.7 Å². The van der Waals surface area contributed by atoms with E-state index in [1.807, 2.05) is 54.4 Å². The van der Waals surface area contributed by atoms with Gasteiger partial charge in [-0.3, -0.25) is 4.99 Å². The average molecular weight is 528 g/mol. The molecule has 158 valence electrons. The first-order valence-corrected chi connectivity index (χ1v) is 10.8. The van der Waals surface area contributed by atoms with Gasteiger partial charge in [-0.05, 0) is 55.3 Å². The summed E-state index contributed by atoms with van der Waals surface area (Å²) in [5.74, 6) is 2.92. The zero-order valence-electron chi connectivity index (χ0n) is 17.1. The Balaban J connectivity index is 0.00000300. The number of nitrogens with one attached hydrogen (secondary N) is 2. The van der Waals surface area contributed by atoms with Crippen LogP contribution in [0.4, 0.5) is 0 Å². The summed E-state index contributed by atoms with van der Waals surface area (Å²) in [7, 11) is 3.45. The monoisotopic (exact) mass is 528 g/mol. The molecule has 0 amide bonds. The molecule has 2 atom stereocenters. The molecule has 3 rings (SSSR count). The number of aliphatic imine (C=N–C) groups is 1. The van der Waals surface area contributed by atoms with Crippen LogP contribution in [0, 0.1) is 0 Å². The Morgan fingerprint density at radius 3 is 2.52 bits per heavy atom. The molecule has 1 aliphatic rings. The van der Waals surface area contributed by atoms with Crippen molar-refractivity contribution in [3.05, 3.63) is 48.2 Å². The van der Waals surface area contributed by atoms with Crippen molar-refractivity contribution in [1.29, 1.82) is 0 Å². The maximum absolute atomic E-state index is 5.76. The van der Waals surface area contributed by atoms with Gasteiger partial charge < -0.3 is 20.1 Å². The van der Waals surface area contributed by atoms with E-state index in [1.54, 1.807) is 14.2 Å². The summed E-state index contributed by atoms with van der Waals surface area (Å²) in [5.41, 5.74) is 1.07. The number of rotatable bonds is 7. The van der Waals surface area contributed by atoms with Crippen LogP contribution in [-0.2, 0) is 6.54 Å². The smallest absolute Gasteiger partial charge is 0.219 e. The Hall–Kier alpha value is -1.68. The Morgan fingerprint density at radius 1 is 1.17 bits per heavy atom. The molecule has 1 heterocycles. The summed E-state index contributed by atoms with van der Waals surface area (Å²) in [5, 5.41) is 7.65. The molecule has 0 aliphatic heterocycles. The maximum Gasteiger partial charge on any atom is 0.219 e. The number of benzene rings is 1. The zero-order chi connectivity index (χ0) is 19.8. The fourth-order valence-corrected chi connectivity index (χ4v) is 4.00. The van der Waals surface area contributed by atoms with E-state index in [-0.39, 0.29) is 24.0 Å². The molecular formula is C21H29IN4O2S. The van der Waals surface area contributed by atoms with Crippen molar-refractivity contribution in [1.82, 2.24) is 15.6 Å². The number of nitrogens with zero attached hydrogens (tertiary/aromatic N) is 2. The van der Waals surface area contributed by atoms with Gasteiger partial charge in [-0.25, -0.2) is 4.98 Å². The molecule has 2 N–H and O–H groups in total. The van der Waals surface area contributed by atoms with Crippen LogP contribution in [0.3, 0.4) is 0 Å². The predicted octanol–water partition coefficient (Wildman–Crippen LogP) is 4.45. The van der Waals surface area contributed by atoms with Crippen LogP contribution < -0.4 is 20.1 Å². The summed E-state index contributed by atoms with van der Waals surface area (Å²) in [6, 6.07) is 11.8. The third-order valence-electron chi connectivity index (χ3n) is 4.82. The van der Waals surface area contributed by atoms with Crippen LogP contribution in [-0.4, -0.2) is 42.6 Å². The quantitative estimate of drug-likeness (QED) is 0.315. The Morgan fingerprint density at radius 2 is 1.93 bits per heavy atom. The summed E-state index contributed by atoms with van der Waals surface area (Å²) >= 11 is 1.96. The Bertz CT molecular complexity index is 771. The first kappa shape index (κ1) is 23.6. The van der Waals surface area contributed by atoms with Crippen molar-refractivity contribution in [3.63, 3.8) is 0 Å². The highest BCUT2D eigenvalue weighted by molar-refractivity contribution is 14.0. The van der Waals surface area contributed by atoms with Crippen molar-refractivity contribution in [2.75, 3.05) is 20.4 Å². The van der Waals surface area contributed by atoms with E-state index in [2.05, 4.69) is 26.9 Å². The molecule has 0 radical (unpaired) electrons. The van der Waals surface area contributed by atoms with Gasteiger partial charge in [0.25, 0.3) is 0 Å². The second-order valence-electron chi connectivity index (χ2n) is 6.72. The third kappa shape index (κ3) is 7.26. The largest absolute Gasteiger partial charge is 0.497 e. The lowest BCUT2D eigenvalue weighted by molar-refractivity contribution is 0.412. The first-order chi connectivity index (χ1) is 13.7. The molecule has 0 spiro atoms. The summed E-state index contributed by atoms with van der Waals surface area (Å²) in [6.07, 6.45) is 7.68. The van der Waals surface area contributed by atoms with E-state index in [0.29, 0.717) is 18.5 Å². The summed E-state index contributed by atoms with van der Waals surface area (Å²) < 4.78 is 10.9. The fraction of sp³-hybridized carbons (Fsp3) is 0.429. The molecule has 29 heavy (non-hydrogen) atoms. The zero-order valence-corrected chi connectivity index (χ0v) is 20.2. The molecule has 1 aliphatic carbocycles. The Labute approximate surface area is 194 Å². The van der Waals surface area contributed by atoms with Gasteiger partial charge in [-0.1, -0.05) is 6.07 Å². The van der Waals surface area contributed by atoms with Crippen LogP contribution in [0.2, 0.25) is 0 Å². The molecule has 2 unspecified atom stereocenters. The molecule has 1 aromatic carbocycles.